The van der Waals surface area contributed by atoms with Crippen LogP contribution in [0.2, 0.25) is 0 Å². The van der Waals surface area contributed by atoms with E-state index in [1.807, 2.05) is 6.92 Å². The molecule has 9 heteroatoms. The normalized spacial score (nSPS) is 34.6. The lowest BCUT2D eigenvalue weighted by atomic mass is 9.82. The Hall–Kier alpha value is -2.29. The lowest BCUT2D eigenvalue weighted by molar-refractivity contribution is -0.146. The van der Waals surface area contributed by atoms with E-state index < -0.39 is 29.9 Å². The monoisotopic (exact) mass is 354 g/mol. The van der Waals surface area contributed by atoms with Crippen LogP contribution in [0.15, 0.2) is 11.8 Å². The molecule has 0 aromatic rings. The van der Waals surface area contributed by atoms with Gasteiger partial charge in [-0.2, -0.15) is 0 Å². The predicted molar refractivity (Wildman–Crippen MR) is 83.0 cm³/mol. The van der Waals surface area contributed by atoms with E-state index in [2.05, 4.69) is 10.6 Å². The van der Waals surface area contributed by atoms with Crippen LogP contribution in [0.1, 0.15) is 20.3 Å². The number of hydrogen-bond donors (Lipinski definition) is 2. The average Bonchev–Trinajstić information content (AvgIpc) is 3.14. The number of carbonyl (C=O) groups is 3. The maximum absolute atomic E-state index is 12.4. The minimum absolute atomic E-state index is 0.00115. The van der Waals surface area contributed by atoms with Crippen LogP contribution in [-0.4, -0.2) is 56.2 Å². The summed E-state index contributed by atoms with van der Waals surface area (Å²) >= 11 is 0. The molecule has 3 rings (SSSR count). The van der Waals surface area contributed by atoms with Crippen molar-refractivity contribution in [3.8, 4) is 0 Å². The largest absolute Gasteiger partial charge is 0.465 e. The molecule has 25 heavy (non-hydrogen) atoms. The van der Waals surface area contributed by atoms with Crippen LogP contribution in [-0.2, 0) is 28.5 Å². The standard InChI is InChI=1S/C16H22N2O7/c1-4-22-11(19)6-18-13(20)9-7-23-14(24-15(21)17-3)12-8(9)5-10-16(12,2)25-10/h7-8,10,12,14H,4-6H2,1-3H3,(H,17,21)(H,18,20). The Balaban J connectivity index is 1.70. The molecule has 0 radical (unpaired) electrons. The fraction of sp³-hybridized carbons (Fsp3) is 0.688. The number of esters is 1. The van der Waals surface area contributed by atoms with Crippen molar-refractivity contribution in [1.82, 2.24) is 10.6 Å². The number of nitrogens with one attached hydrogen (secondary N) is 2. The summed E-state index contributed by atoms with van der Waals surface area (Å²) in [5, 5.41) is 4.91. The van der Waals surface area contributed by atoms with Crippen LogP contribution in [0.25, 0.3) is 0 Å². The molecule has 2 amide bonds. The van der Waals surface area contributed by atoms with Gasteiger partial charge in [0.2, 0.25) is 0 Å². The Morgan fingerprint density at radius 1 is 1.40 bits per heavy atom. The number of ether oxygens (including phenoxy) is 4. The van der Waals surface area contributed by atoms with Gasteiger partial charge in [0.05, 0.1) is 30.5 Å². The number of carbonyl (C=O) groups excluding carboxylic acids is 3. The first-order chi connectivity index (χ1) is 11.9. The van der Waals surface area contributed by atoms with Crippen LogP contribution in [0.4, 0.5) is 4.79 Å². The van der Waals surface area contributed by atoms with Crippen molar-refractivity contribution in [3.05, 3.63) is 11.8 Å². The SMILES string of the molecule is CCOC(=O)CNC(=O)C1=COC(OC(=O)NC)C2C1CC1OC12C. The molecular formula is C16H22N2O7. The van der Waals surface area contributed by atoms with Crippen molar-refractivity contribution in [2.24, 2.45) is 11.8 Å². The zero-order valence-electron chi connectivity index (χ0n) is 14.4. The van der Waals surface area contributed by atoms with Gasteiger partial charge in [-0.3, -0.25) is 9.59 Å². The molecule has 0 aromatic heterocycles. The third-order valence-electron chi connectivity index (χ3n) is 4.95. The van der Waals surface area contributed by atoms with E-state index in [4.69, 9.17) is 18.9 Å². The van der Waals surface area contributed by atoms with Gasteiger partial charge >= 0.3 is 12.1 Å². The van der Waals surface area contributed by atoms with Gasteiger partial charge in [0.1, 0.15) is 12.1 Å². The first-order valence-electron chi connectivity index (χ1n) is 8.26. The highest BCUT2D eigenvalue weighted by molar-refractivity contribution is 5.95. The second kappa shape index (κ2) is 6.55. The summed E-state index contributed by atoms with van der Waals surface area (Å²) < 4.78 is 21.3. The van der Waals surface area contributed by atoms with Crippen LogP contribution in [0.3, 0.4) is 0 Å². The average molecular weight is 354 g/mol. The van der Waals surface area contributed by atoms with Gasteiger partial charge in [0.25, 0.3) is 12.2 Å². The number of fused-ring (bicyclic) bond motifs is 3. The molecule has 5 unspecified atom stereocenters. The summed E-state index contributed by atoms with van der Waals surface area (Å²) in [5.41, 5.74) is -0.0623. The maximum atomic E-state index is 12.4. The van der Waals surface area contributed by atoms with Crippen molar-refractivity contribution in [1.29, 1.82) is 0 Å². The van der Waals surface area contributed by atoms with Crippen LogP contribution in [0.5, 0.6) is 0 Å². The summed E-state index contributed by atoms with van der Waals surface area (Å²) in [6.07, 6.45) is 0.505. The van der Waals surface area contributed by atoms with E-state index in [0.717, 1.165) is 0 Å². The summed E-state index contributed by atoms with van der Waals surface area (Å²) in [5.74, 6) is -1.36. The first kappa shape index (κ1) is 17.5. The zero-order chi connectivity index (χ0) is 18.2. The molecule has 2 heterocycles. The molecule has 0 aromatic carbocycles. The summed E-state index contributed by atoms with van der Waals surface area (Å²) in [6.45, 7) is 3.66. The highest BCUT2D eigenvalue weighted by Gasteiger charge is 2.70. The first-order valence-corrected chi connectivity index (χ1v) is 8.26. The Morgan fingerprint density at radius 2 is 2.16 bits per heavy atom. The molecule has 2 N–H and O–H groups in total. The second-order valence-electron chi connectivity index (χ2n) is 6.38. The lowest BCUT2D eigenvalue weighted by Crippen LogP contribution is -2.46. The molecule has 9 nitrogen and oxygen atoms in total. The zero-order valence-corrected chi connectivity index (χ0v) is 14.4. The van der Waals surface area contributed by atoms with E-state index in [-0.39, 0.29) is 31.1 Å². The van der Waals surface area contributed by atoms with Crippen LogP contribution in [0, 0.1) is 11.8 Å². The predicted octanol–water partition coefficient (Wildman–Crippen LogP) is 0.0555. The number of epoxide rings is 1. The summed E-state index contributed by atoms with van der Waals surface area (Å²) in [4.78, 5) is 35.4. The van der Waals surface area contributed by atoms with Gasteiger partial charge in [-0.25, -0.2) is 4.79 Å². The number of alkyl carbamates (subject to hydrolysis) is 1. The van der Waals surface area contributed by atoms with Gasteiger partial charge in [-0.1, -0.05) is 0 Å². The number of rotatable bonds is 5. The van der Waals surface area contributed by atoms with E-state index in [1.54, 1.807) is 6.92 Å². The second-order valence-corrected chi connectivity index (χ2v) is 6.38. The van der Waals surface area contributed by atoms with Gasteiger partial charge < -0.3 is 29.6 Å². The minimum atomic E-state index is -0.830. The lowest BCUT2D eigenvalue weighted by Gasteiger charge is -2.36. The molecule has 1 saturated heterocycles. The Morgan fingerprint density at radius 3 is 2.84 bits per heavy atom. The van der Waals surface area contributed by atoms with E-state index in [9.17, 15) is 14.4 Å². The van der Waals surface area contributed by atoms with Crippen LogP contribution < -0.4 is 10.6 Å². The molecule has 1 aliphatic carbocycles. The fourth-order valence-corrected chi connectivity index (χ4v) is 3.67. The Bertz CT molecular complexity index is 620. The summed E-state index contributed by atoms with van der Waals surface area (Å²) in [7, 11) is 1.46. The topological polar surface area (TPSA) is 115 Å². The minimum Gasteiger partial charge on any atom is -0.465 e. The third-order valence-corrected chi connectivity index (χ3v) is 4.95. The van der Waals surface area contributed by atoms with Crippen LogP contribution >= 0.6 is 0 Å². The third kappa shape index (κ3) is 3.15. The van der Waals surface area contributed by atoms with E-state index in [1.165, 1.54) is 13.3 Å². The van der Waals surface area contributed by atoms with Crippen molar-refractivity contribution >= 4 is 18.0 Å². The molecule has 1 saturated carbocycles. The highest BCUT2D eigenvalue weighted by atomic mass is 16.7. The van der Waals surface area contributed by atoms with Crippen molar-refractivity contribution in [2.75, 3.05) is 20.2 Å². The van der Waals surface area contributed by atoms with Gasteiger partial charge in [-0.15, -0.1) is 0 Å². The Labute approximate surface area is 145 Å². The molecule has 2 aliphatic heterocycles. The molecule has 0 spiro atoms. The molecular weight excluding hydrogens is 332 g/mol. The quantitative estimate of drug-likeness (QED) is 0.530. The van der Waals surface area contributed by atoms with Gasteiger partial charge in [-0.05, 0) is 20.3 Å². The smallest absolute Gasteiger partial charge is 0.409 e. The summed E-state index contributed by atoms with van der Waals surface area (Å²) in [6, 6.07) is 0. The van der Waals surface area contributed by atoms with E-state index >= 15 is 0 Å². The number of amides is 2. The van der Waals surface area contributed by atoms with E-state index in [0.29, 0.717) is 12.0 Å². The molecule has 3 aliphatic rings. The van der Waals surface area contributed by atoms with Crippen molar-refractivity contribution in [3.63, 3.8) is 0 Å². The van der Waals surface area contributed by atoms with Crippen molar-refractivity contribution in [2.45, 2.75) is 38.3 Å². The molecule has 138 valence electrons. The molecule has 0 bridgehead atoms. The van der Waals surface area contributed by atoms with Crippen molar-refractivity contribution < 1.29 is 33.3 Å². The van der Waals surface area contributed by atoms with Gasteiger partial charge in [0.15, 0.2) is 0 Å². The maximum Gasteiger partial charge on any atom is 0.409 e. The molecule has 2 fully saturated rings. The number of hydrogen-bond acceptors (Lipinski definition) is 7. The fourth-order valence-electron chi connectivity index (χ4n) is 3.67. The van der Waals surface area contributed by atoms with Gasteiger partial charge in [0, 0.05) is 13.0 Å². The highest BCUT2D eigenvalue weighted by Crippen LogP contribution is 2.60. The molecule has 5 atom stereocenters. The Kier molecular flexibility index (Phi) is 4.59.